The summed E-state index contributed by atoms with van der Waals surface area (Å²) in [4.78, 5) is 0. The van der Waals surface area contributed by atoms with E-state index in [2.05, 4.69) is 0 Å². The Morgan fingerprint density at radius 3 is 2.33 bits per heavy atom. The van der Waals surface area contributed by atoms with Crippen LogP contribution in [0.1, 0.15) is 0 Å². The van der Waals surface area contributed by atoms with Crippen molar-refractivity contribution in [2.24, 2.45) is 0 Å². The number of halogens is 2. The Balaban J connectivity index is 3.17. The zero-order valence-corrected chi connectivity index (χ0v) is 9.37. The van der Waals surface area contributed by atoms with E-state index >= 15 is 0 Å². The molecule has 46 valence electrons. The molecule has 0 aliphatic rings. The van der Waals surface area contributed by atoms with Gasteiger partial charge < -0.3 is 0 Å². The van der Waals surface area contributed by atoms with Crippen molar-refractivity contribution in [1.29, 1.82) is 0 Å². The van der Waals surface area contributed by atoms with Crippen LogP contribution in [0.25, 0.3) is 0 Å². The summed E-state index contributed by atoms with van der Waals surface area (Å²) >= 11 is 12.5. The topological polar surface area (TPSA) is 0 Å². The van der Waals surface area contributed by atoms with E-state index in [9.17, 15) is 0 Å². The van der Waals surface area contributed by atoms with Crippen LogP contribution in [0.3, 0.4) is 0 Å². The van der Waals surface area contributed by atoms with Crippen molar-refractivity contribution in [3.05, 3.63) is 28.2 Å². The Morgan fingerprint density at radius 1 is 1.22 bits per heavy atom. The van der Waals surface area contributed by atoms with Gasteiger partial charge in [0.25, 0.3) is 0 Å². The Kier molecular flexibility index (Phi) is 2.68. The Bertz CT molecular complexity index is 222. The molecule has 0 unspecified atom stereocenters. The maximum absolute atomic E-state index is 5.75. The molecule has 0 atom stereocenters. The molecule has 0 bridgehead atoms. The van der Waals surface area contributed by atoms with Crippen LogP contribution in [0, 0.1) is 0 Å². The van der Waals surface area contributed by atoms with Crippen LogP contribution in [-0.2, 0) is 0 Å². The fourth-order valence-corrected chi connectivity index (χ4v) is 1.90. The van der Waals surface area contributed by atoms with Crippen molar-refractivity contribution in [3.8, 4) is 0 Å². The molecular weight excluding hydrogens is 262 g/mol. The number of rotatable bonds is 0. The fraction of sp³-hybridized carbons (Fsp3) is 0. The van der Waals surface area contributed by atoms with Gasteiger partial charge in [0.2, 0.25) is 0 Å². The SMILES string of the molecule is Clc1ccc(Cl)[c]([SnH])c1. The Hall–Kier alpha value is 0.599. The summed E-state index contributed by atoms with van der Waals surface area (Å²) in [5.74, 6) is 0. The molecule has 0 aliphatic heterocycles. The van der Waals surface area contributed by atoms with E-state index in [-0.39, 0.29) is 0 Å². The summed E-state index contributed by atoms with van der Waals surface area (Å²) in [7, 11) is 0. The second-order valence-corrected chi connectivity index (χ2v) is 4.28. The molecule has 2 radical (unpaired) electrons. The van der Waals surface area contributed by atoms with E-state index in [0.717, 1.165) is 36.1 Å². The predicted octanol–water partition coefficient (Wildman–Crippen LogP) is 1.52. The van der Waals surface area contributed by atoms with Crippen LogP contribution >= 0.6 is 23.2 Å². The first-order chi connectivity index (χ1) is 4.20. The molecule has 0 aliphatic carbocycles. The van der Waals surface area contributed by atoms with Gasteiger partial charge in [0.1, 0.15) is 0 Å². The number of hydrogen-bond acceptors (Lipinski definition) is 0. The van der Waals surface area contributed by atoms with Crippen molar-refractivity contribution in [1.82, 2.24) is 0 Å². The third-order valence-electron chi connectivity index (χ3n) is 0.958. The van der Waals surface area contributed by atoms with Crippen LogP contribution in [0.2, 0.25) is 10.0 Å². The molecule has 0 N–H and O–H groups in total. The van der Waals surface area contributed by atoms with Crippen molar-refractivity contribution < 1.29 is 0 Å². The van der Waals surface area contributed by atoms with Crippen molar-refractivity contribution >= 4 is 49.3 Å². The minimum atomic E-state index is 0.766. The zero-order valence-electron chi connectivity index (χ0n) is 4.57. The van der Waals surface area contributed by atoms with Crippen LogP contribution in [0.15, 0.2) is 18.2 Å². The maximum atomic E-state index is 5.75. The van der Waals surface area contributed by atoms with E-state index in [1.807, 2.05) is 12.1 Å². The molecule has 0 fully saturated rings. The van der Waals surface area contributed by atoms with Crippen LogP contribution in [0.5, 0.6) is 0 Å². The van der Waals surface area contributed by atoms with Gasteiger partial charge >= 0.3 is 77.6 Å². The van der Waals surface area contributed by atoms with Gasteiger partial charge in [0.15, 0.2) is 0 Å². The normalized spacial score (nSPS) is 9.67. The van der Waals surface area contributed by atoms with Gasteiger partial charge in [0, 0.05) is 0 Å². The van der Waals surface area contributed by atoms with Gasteiger partial charge in [-0.1, -0.05) is 0 Å². The average molecular weight is 266 g/mol. The molecule has 0 spiro atoms. The van der Waals surface area contributed by atoms with Crippen molar-refractivity contribution in [2.45, 2.75) is 0 Å². The van der Waals surface area contributed by atoms with E-state index < -0.39 is 0 Å². The summed E-state index contributed by atoms with van der Waals surface area (Å²) in [6.07, 6.45) is 0. The van der Waals surface area contributed by atoms with Crippen LogP contribution in [-0.4, -0.2) is 22.5 Å². The van der Waals surface area contributed by atoms with Crippen LogP contribution in [0.4, 0.5) is 0 Å². The standard InChI is InChI=1S/C6H3Cl2.Sn.H/c7-5-1-2-6(8)4-3-5;;/h1-3H;;. The zero-order chi connectivity index (χ0) is 6.85. The monoisotopic (exact) mass is 266 g/mol. The summed E-state index contributed by atoms with van der Waals surface area (Å²) < 4.78 is 1.15. The van der Waals surface area contributed by atoms with Gasteiger partial charge in [-0.25, -0.2) is 0 Å². The van der Waals surface area contributed by atoms with E-state index in [0.29, 0.717) is 0 Å². The summed E-state index contributed by atoms with van der Waals surface area (Å²) in [5.41, 5.74) is 0. The summed E-state index contributed by atoms with van der Waals surface area (Å²) in [6.45, 7) is 0. The molecule has 3 heteroatoms. The van der Waals surface area contributed by atoms with Gasteiger partial charge in [-0.05, 0) is 0 Å². The molecule has 0 heterocycles. The van der Waals surface area contributed by atoms with Crippen molar-refractivity contribution in [3.63, 3.8) is 0 Å². The molecule has 9 heavy (non-hydrogen) atoms. The first-order valence-corrected chi connectivity index (χ1v) is 4.81. The summed E-state index contributed by atoms with van der Waals surface area (Å²) in [6, 6.07) is 5.51. The van der Waals surface area contributed by atoms with Crippen LogP contribution < -0.4 is 3.58 Å². The van der Waals surface area contributed by atoms with E-state index in [1.54, 1.807) is 6.07 Å². The van der Waals surface area contributed by atoms with Gasteiger partial charge in [-0.15, -0.1) is 0 Å². The Morgan fingerprint density at radius 2 is 1.89 bits per heavy atom. The first-order valence-electron chi connectivity index (χ1n) is 2.40. The van der Waals surface area contributed by atoms with Gasteiger partial charge in [-0.2, -0.15) is 0 Å². The molecule has 1 aromatic carbocycles. The molecule has 1 aromatic rings. The second-order valence-electron chi connectivity index (χ2n) is 1.67. The molecule has 0 saturated heterocycles. The average Bonchev–Trinajstić information content (AvgIpc) is 1.80. The molecule has 0 saturated carbocycles. The fourth-order valence-electron chi connectivity index (χ4n) is 0.515. The third-order valence-corrected chi connectivity index (χ3v) is 3.42. The molecule has 1 rings (SSSR count). The Labute approximate surface area is 77.2 Å². The molecule has 0 amide bonds. The summed E-state index contributed by atoms with van der Waals surface area (Å²) in [5, 5.41) is 1.59. The van der Waals surface area contributed by atoms with Crippen molar-refractivity contribution in [2.75, 3.05) is 0 Å². The third kappa shape index (κ3) is 2.02. The number of hydrogen-bond donors (Lipinski definition) is 0. The molecule has 0 aromatic heterocycles. The van der Waals surface area contributed by atoms with Gasteiger partial charge in [0.05, 0.1) is 0 Å². The van der Waals surface area contributed by atoms with Gasteiger partial charge in [-0.3, -0.25) is 0 Å². The predicted molar refractivity (Wildman–Crippen MR) is 43.2 cm³/mol. The quantitative estimate of drug-likeness (QED) is 0.624. The minimum absolute atomic E-state index is 0.766. The van der Waals surface area contributed by atoms with E-state index in [4.69, 9.17) is 23.2 Å². The second kappa shape index (κ2) is 3.13. The first kappa shape index (κ1) is 7.70. The number of benzene rings is 1. The molecule has 0 nitrogen and oxygen atoms in total. The molecular formula is C6H4Cl2Sn. The van der Waals surface area contributed by atoms with E-state index in [1.165, 1.54) is 0 Å².